The van der Waals surface area contributed by atoms with Crippen molar-refractivity contribution in [3.05, 3.63) is 63.1 Å². The normalized spacial score (nSPS) is 13.8. The lowest BCUT2D eigenvalue weighted by Gasteiger charge is -2.30. The largest absolute Gasteiger partial charge is 0.378 e. The highest BCUT2D eigenvalue weighted by atomic mass is 16.6. The molecule has 166 valence electrons. The lowest BCUT2D eigenvalue weighted by molar-refractivity contribution is -0.384. The van der Waals surface area contributed by atoms with Crippen molar-refractivity contribution in [1.82, 2.24) is 19.7 Å². The van der Waals surface area contributed by atoms with Crippen LogP contribution < -0.4 is 10.2 Å². The van der Waals surface area contributed by atoms with Gasteiger partial charge < -0.3 is 15.0 Å². The van der Waals surface area contributed by atoms with E-state index in [2.05, 4.69) is 20.4 Å². The third-order valence-corrected chi connectivity index (χ3v) is 5.02. The Morgan fingerprint density at radius 1 is 1.06 bits per heavy atom. The van der Waals surface area contributed by atoms with Crippen molar-refractivity contribution < 1.29 is 14.5 Å². The molecule has 1 aromatic carbocycles. The number of carbonyl (C=O) groups excluding carboxylic acids is 1. The molecule has 0 bridgehead atoms. The van der Waals surface area contributed by atoms with Gasteiger partial charge in [-0.25, -0.2) is 9.97 Å². The fourth-order valence-corrected chi connectivity index (χ4v) is 3.63. The van der Waals surface area contributed by atoms with Crippen molar-refractivity contribution in [2.45, 2.75) is 20.8 Å². The molecule has 0 spiro atoms. The highest BCUT2D eigenvalue weighted by Gasteiger charge is 2.23. The molecule has 1 N–H and O–H groups in total. The van der Waals surface area contributed by atoms with E-state index in [-0.39, 0.29) is 11.3 Å². The number of carbonyl (C=O) groups is 1. The number of aryl methyl sites for hydroxylation is 3. The van der Waals surface area contributed by atoms with E-state index in [9.17, 15) is 14.9 Å². The van der Waals surface area contributed by atoms with Crippen LogP contribution in [0.1, 0.15) is 27.4 Å². The van der Waals surface area contributed by atoms with Gasteiger partial charge in [-0.05, 0) is 32.9 Å². The Kier molecular flexibility index (Phi) is 5.82. The van der Waals surface area contributed by atoms with Crippen LogP contribution in [0.2, 0.25) is 0 Å². The number of nitro benzene ring substituents is 1. The monoisotopic (exact) mass is 437 g/mol. The van der Waals surface area contributed by atoms with Crippen LogP contribution >= 0.6 is 0 Å². The van der Waals surface area contributed by atoms with Gasteiger partial charge in [-0.2, -0.15) is 9.78 Å². The first-order chi connectivity index (χ1) is 15.3. The average Bonchev–Trinajstić information content (AvgIpc) is 3.13. The van der Waals surface area contributed by atoms with Crippen molar-refractivity contribution in [2.24, 2.45) is 0 Å². The number of anilines is 2. The SMILES string of the molecule is Cc1cc(C)nc(-n2nc(C)cc2NC(=O)c2cc([N+](=O)[O-])ccc2N2CCOCC2)n1. The second kappa shape index (κ2) is 8.71. The molecule has 1 fully saturated rings. The van der Waals surface area contributed by atoms with Gasteiger partial charge in [-0.1, -0.05) is 0 Å². The van der Waals surface area contributed by atoms with E-state index in [1.165, 1.54) is 16.8 Å². The Hall–Kier alpha value is -3.86. The summed E-state index contributed by atoms with van der Waals surface area (Å²) < 4.78 is 6.85. The molecule has 32 heavy (non-hydrogen) atoms. The lowest BCUT2D eigenvalue weighted by Crippen LogP contribution is -2.37. The molecule has 1 saturated heterocycles. The Bertz CT molecular complexity index is 1160. The topological polar surface area (TPSA) is 128 Å². The van der Waals surface area contributed by atoms with Gasteiger partial charge in [0.1, 0.15) is 5.82 Å². The van der Waals surface area contributed by atoms with Gasteiger partial charge in [-0.15, -0.1) is 0 Å². The molecular formula is C21H23N7O4. The highest BCUT2D eigenvalue weighted by Crippen LogP contribution is 2.28. The molecule has 2 aromatic heterocycles. The fourth-order valence-electron chi connectivity index (χ4n) is 3.63. The van der Waals surface area contributed by atoms with E-state index in [0.717, 1.165) is 11.4 Å². The number of aromatic nitrogens is 4. The van der Waals surface area contributed by atoms with Crippen LogP contribution in [0.3, 0.4) is 0 Å². The summed E-state index contributed by atoms with van der Waals surface area (Å²) >= 11 is 0. The Morgan fingerprint density at radius 2 is 1.75 bits per heavy atom. The van der Waals surface area contributed by atoms with E-state index in [4.69, 9.17) is 4.74 Å². The highest BCUT2D eigenvalue weighted by molar-refractivity contribution is 6.08. The zero-order valence-electron chi connectivity index (χ0n) is 18.0. The number of ether oxygens (including phenoxy) is 1. The van der Waals surface area contributed by atoms with Gasteiger partial charge in [0.15, 0.2) is 0 Å². The standard InChI is InChI=1S/C21H23N7O4/c1-13-10-14(2)23-21(22-13)27-19(11-15(3)25-27)24-20(29)17-12-16(28(30)31)4-5-18(17)26-6-8-32-9-7-26/h4-5,10-12H,6-9H2,1-3H3,(H,24,29). The van der Waals surface area contributed by atoms with Crippen molar-refractivity contribution in [2.75, 3.05) is 36.5 Å². The number of nitrogens with zero attached hydrogens (tertiary/aromatic N) is 6. The first-order valence-corrected chi connectivity index (χ1v) is 10.1. The molecule has 0 aliphatic carbocycles. The number of amides is 1. The van der Waals surface area contributed by atoms with Crippen molar-refractivity contribution in [3.8, 4) is 5.95 Å². The molecule has 11 heteroatoms. The second-order valence-electron chi connectivity index (χ2n) is 7.55. The number of morpholine rings is 1. The maximum absolute atomic E-state index is 13.3. The summed E-state index contributed by atoms with van der Waals surface area (Å²) in [7, 11) is 0. The second-order valence-corrected chi connectivity index (χ2v) is 7.55. The van der Waals surface area contributed by atoms with E-state index < -0.39 is 10.8 Å². The maximum atomic E-state index is 13.3. The van der Waals surface area contributed by atoms with Crippen LogP contribution in [0.15, 0.2) is 30.3 Å². The van der Waals surface area contributed by atoms with Crippen LogP contribution in [0.4, 0.5) is 17.2 Å². The maximum Gasteiger partial charge on any atom is 0.270 e. The predicted octanol–water partition coefficient (Wildman–Crippen LogP) is 2.58. The average molecular weight is 437 g/mol. The summed E-state index contributed by atoms with van der Waals surface area (Å²) in [6.07, 6.45) is 0. The quantitative estimate of drug-likeness (QED) is 0.476. The summed E-state index contributed by atoms with van der Waals surface area (Å²) in [5, 5.41) is 18.6. The number of hydrogen-bond donors (Lipinski definition) is 1. The van der Waals surface area contributed by atoms with Crippen LogP contribution in [0, 0.1) is 30.9 Å². The van der Waals surface area contributed by atoms with E-state index in [0.29, 0.717) is 49.5 Å². The van der Waals surface area contributed by atoms with E-state index in [1.54, 1.807) is 19.1 Å². The van der Waals surface area contributed by atoms with Crippen molar-refractivity contribution in [1.29, 1.82) is 0 Å². The van der Waals surface area contributed by atoms with E-state index in [1.807, 2.05) is 24.8 Å². The molecule has 0 radical (unpaired) electrons. The summed E-state index contributed by atoms with van der Waals surface area (Å²) in [6.45, 7) is 7.72. The predicted molar refractivity (Wildman–Crippen MR) is 117 cm³/mol. The summed E-state index contributed by atoms with van der Waals surface area (Å²) in [5.41, 5.74) is 2.86. The summed E-state index contributed by atoms with van der Waals surface area (Å²) in [5.74, 6) is 0.219. The molecule has 1 aliphatic heterocycles. The third-order valence-electron chi connectivity index (χ3n) is 5.02. The number of rotatable bonds is 5. The molecule has 0 saturated carbocycles. The molecule has 11 nitrogen and oxygen atoms in total. The van der Waals surface area contributed by atoms with Crippen LogP contribution in [-0.2, 0) is 4.74 Å². The number of nitrogens with one attached hydrogen (secondary N) is 1. The van der Waals surface area contributed by atoms with Gasteiger partial charge in [0, 0.05) is 42.7 Å². The summed E-state index contributed by atoms with van der Waals surface area (Å²) in [4.78, 5) is 34.9. The lowest BCUT2D eigenvalue weighted by atomic mass is 10.1. The van der Waals surface area contributed by atoms with E-state index >= 15 is 0 Å². The Morgan fingerprint density at radius 3 is 2.41 bits per heavy atom. The number of hydrogen-bond acceptors (Lipinski definition) is 8. The first kappa shape index (κ1) is 21.4. The Balaban J connectivity index is 1.71. The van der Waals surface area contributed by atoms with Gasteiger partial charge in [0.05, 0.1) is 35.1 Å². The molecule has 3 heterocycles. The van der Waals surface area contributed by atoms with Crippen molar-refractivity contribution in [3.63, 3.8) is 0 Å². The van der Waals surface area contributed by atoms with Crippen LogP contribution in [-0.4, -0.2) is 56.9 Å². The van der Waals surface area contributed by atoms with Crippen LogP contribution in [0.5, 0.6) is 0 Å². The fraction of sp³-hybridized carbons (Fsp3) is 0.333. The zero-order valence-corrected chi connectivity index (χ0v) is 18.0. The summed E-state index contributed by atoms with van der Waals surface area (Å²) in [6, 6.07) is 7.84. The molecule has 3 aromatic rings. The molecular weight excluding hydrogens is 414 g/mol. The first-order valence-electron chi connectivity index (χ1n) is 10.1. The molecule has 0 atom stereocenters. The van der Waals surface area contributed by atoms with Gasteiger partial charge in [0.2, 0.25) is 0 Å². The van der Waals surface area contributed by atoms with Gasteiger partial charge in [0.25, 0.3) is 17.5 Å². The molecule has 4 rings (SSSR count). The minimum absolute atomic E-state index is 0.158. The number of non-ortho nitro benzene ring substituents is 1. The zero-order chi connectivity index (χ0) is 22.8. The molecule has 0 unspecified atom stereocenters. The smallest absolute Gasteiger partial charge is 0.270 e. The Labute approximate surface area is 184 Å². The minimum atomic E-state index is -0.516. The molecule has 1 aliphatic rings. The third kappa shape index (κ3) is 4.42. The molecule has 1 amide bonds. The number of nitro groups is 1. The number of benzene rings is 1. The van der Waals surface area contributed by atoms with Gasteiger partial charge in [-0.3, -0.25) is 14.9 Å². The van der Waals surface area contributed by atoms with Crippen LogP contribution in [0.25, 0.3) is 5.95 Å². The minimum Gasteiger partial charge on any atom is -0.378 e. The van der Waals surface area contributed by atoms with Crippen molar-refractivity contribution >= 4 is 23.1 Å². The van der Waals surface area contributed by atoms with Gasteiger partial charge >= 0.3 is 0 Å².